The zero-order valence-corrected chi connectivity index (χ0v) is 7.75. The van der Waals surface area contributed by atoms with Gasteiger partial charge in [-0.3, -0.25) is 9.97 Å². The normalized spacial score (nSPS) is 10.4. The summed E-state index contributed by atoms with van der Waals surface area (Å²) in [4.78, 5) is 8.32. The third-order valence-corrected chi connectivity index (χ3v) is 1.85. The monoisotopic (exact) mass is 190 g/mol. The van der Waals surface area contributed by atoms with Crippen LogP contribution in [0.2, 0.25) is 0 Å². The van der Waals surface area contributed by atoms with Crippen molar-refractivity contribution in [2.24, 2.45) is 0 Å². The summed E-state index contributed by atoms with van der Waals surface area (Å²) < 4.78 is 1.63. The number of nitrogen functional groups attached to an aromatic ring is 1. The van der Waals surface area contributed by atoms with Crippen LogP contribution in [-0.2, 0) is 6.54 Å². The molecule has 0 saturated carbocycles. The van der Waals surface area contributed by atoms with Gasteiger partial charge in [0, 0.05) is 12.4 Å². The van der Waals surface area contributed by atoms with E-state index in [4.69, 9.17) is 5.73 Å². The van der Waals surface area contributed by atoms with E-state index in [1.165, 1.54) is 0 Å². The van der Waals surface area contributed by atoms with Crippen LogP contribution in [0.5, 0.6) is 0 Å². The minimum atomic E-state index is 0.409. The number of hydrogen-bond donors (Lipinski definition) is 1. The molecule has 0 unspecified atom stereocenters. The first kappa shape index (κ1) is 8.61. The molecule has 0 aliphatic rings. The second-order valence-electron chi connectivity index (χ2n) is 2.93. The number of rotatable bonds is 2. The fourth-order valence-corrected chi connectivity index (χ4v) is 1.14. The van der Waals surface area contributed by atoms with Crippen LogP contribution in [0.4, 0.5) is 5.82 Å². The molecule has 2 heterocycles. The van der Waals surface area contributed by atoms with E-state index in [2.05, 4.69) is 20.3 Å². The molecule has 2 aromatic heterocycles. The highest BCUT2D eigenvalue weighted by Crippen LogP contribution is 2.02. The molecule has 0 atom stereocenters. The lowest BCUT2D eigenvalue weighted by atomic mass is 10.3. The first-order chi connectivity index (χ1) is 6.75. The number of anilines is 1. The van der Waals surface area contributed by atoms with Crippen molar-refractivity contribution in [1.29, 1.82) is 0 Å². The van der Waals surface area contributed by atoms with Crippen LogP contribution < -0.4 is 5.73 Å². The van der Waals surface area contributed by atoms with Crippen molar-refractivity contribution >= 4 is 5.82 Å². The van der Waals surface area contributed by atoms with E-state index in [-0.39, 0.29) is 0 Å². The summed E-state index contributed by atoms with van der Waals surface area (Å²) >= 11 is 0. The van der Waals surface area contributed by atoms with Gasteiger partial charge in [0.25, 0.3) is 0 Å². The number of aromatic nitrogens is 5. The van der Waals surface area contributed by atoms with E-state index >= 15 is 0 Å². The van der Waals surface area contributed by atoms with Crippen molar-refractivity contribution in [1.82, 2.24) is 25.0 Å². The zero-order chi connectivity index (χ0) is 9.97. The van der Waals surface area contributed by atoms with Crippen LogP contribution in [0.1, 0.15) is 11.4 Å². The number of nitrogens with zero attached hydrogens (tertiary/aromatic N) is 5. The molecule has 2 N–H and O–H groups in total. The molecule has 6 heteroatoms. The Morgan fingerprint density at radius 1 is 1.36 bits per heavy atom. The lowest BCUT2D eigenvalue weighted by molar-refractivity contribution is 0.633. The molecule has 0 spiro atoms. The summed E-state index contributed by atoms with van der Waals surface area (Å²) in [6.07, 6.45) is 4.98. The highest BCUT2D eigenvalue weighted by molar-refractivity contribution is 5.20. The number of nitrogens with two attached hydrogens (primary N) is 1. The third-order valence-electron chi connectivity index (χ3n) is 1.85. The Hall–Kier alpha value is -1.98. The van der Waals surface area contributed by atoms with Crippen molar-refractivity contribution in [3.63, 3.8) is 0 Å². The maximum atomic E-state index is 5.44. The predicted molar refractivity (Wildman–Crippen MR) is 50.3 cm³/mol. The van der Waals surface area contributed by atoms with E-state index in [0.717, 1.165) is 11.4 Å². The van der Waals surface area contributed by atoms with Crippen LogP contribution in [0.3, 0.4) is 0 Å². The molecule has 2 aromatic rings. The van der Waals surface area contributed by atoms with E-state index < -0.39 is 0 Å². The Labute approximate surface area is 80.8 Å². The topological polar surface area (TPSA) is 82.5 Å². The molecule has 0 aliphatic carbocycles. The van der Waals surface area contributed by atoms with Crippen molar-refractivity contribution in [2.75, 3.05) is 5.73 Å². The highest BCUT2D eigenvalue weighted by Gasteiger charge is 2.02. The Kier molecular flexibility index (Phi) is 2.10. The summed E-state index contributed by atoms with van der Waals surface area (Å²) in [7, 11) is 0. The Morgan fingerprint density at radius 3 is 2.79 bits per heavy atom. The second-order valence-corrected chi connectivity index (χ2v) is 2.93. The highest BCUT2D eigenvalue weighted by atomic mass is 15.4. The summed E-state index contributed by atoms with van der Waals surface area (Å²) in [6, 6.07) is 0. The lowest BCUT2D eigenvalue weighted by Gasteiger charge is -2.01. The molecule has 0 aromatic carbocycles. The van der Waals surface area contributed by atoms with Gasteiger partial charge in [0.15, 0.2) is 5.82 Å². The van der Waals surface area contributed by atoms with E-state index in [1.54, 1.807) is 23.3 Å². The van der Waals surface area contributed by atoms with Crippen LogP contribution >= 0.6 is 0 Å². The first-order valence-corrected chi connectivity index (χ1v) is 4.18. The smallest absolute Gasteiger partial charge is 0.165 e. The fraction of sp³-hybridized carbons (Fsp3) is 0.250. The first-order valence-electron chi connectivity index (χ1n) is 4.18. The van der Waals surface area contributed by atoms with Crippen molar-refractivity contribution in [3.8, 4) is 0 Å². The average molecular weight is 190 g/mol. The molecule has 14 heavy (non-hydrogen) atoms. The Morgan fingerprint density at radius 2 is 2.14 bits per heavy atom. The minimum Gasteiger partial charge on any atom is -0.381 e. The van der Waals surface area contributed by atoms with Gasteiger partial charge < -0.3 is 5.73 Å². The SMILES string of the molecule is Cc1nccnc1Cn1cc(N)nn1. The largest absolute Gasteiger partial charge is 0.381 e. The van der Waals surface area contributed by atoms with E-state index in [1.807, 2.05) is 6.92 Å². The maximum Gasteiger partial charge on any atom is 0.165 e. The molecule has 0 amide bonds. The van der Waals surface area contributed by atoms with Gasteiger partial charge in [0.2, 0.25) is 0 Å². The Balaban J connectivity index is 2.23. The summed E-state index contributed by atoms with van der Waals surface area (Å²) in [5.41, 5.74) is 7.20. The number of aryl methyl sites for hydroxylation is 1. The van der Waals surface area contributed by atoms with Gasteiger partial charge in [0.05, 0.1) is 24.1 Å². The third kappa shape index (κ3) is 1.68. The zero-order valence-electron chi connectivity index (χ0n) is 7.75. The Bertz CT molecular complexity index is 435. The molecular formula is C8H10N6. The summed E-state index contributed by atoms with van der Waals surface area (Å²) in [6.45, 7) is 2.45. The quantitative estimate of drug-likeness (QED) is 0.721. The predicted octanol–water partition coefficient (Wildman–Crippen LogP) is 0.00702. The number of hydrogen-bond acceptors (Lipinski definition) is 5. The molecule has 0 fully saturated rings. The van der Waals surface area contributed by atoms with Gasteiger partial charge in [-0.25, -0.2) is 4.68 Å². The van der Waals surface area contributed by atoms with Gasteiger partial charge >= 0.3 is 0 Å². The molecule has 6 nitrogen and oxygen atoms in total. The average Bonchev–Trinajstić information content (AvgIpc) is 2.56. The van der Waals surface area contributed by atoms with Crippen LogP contribution in [0.25, 0.3) is 0 Å². The van der Waals surface area contributed by atoms with Crippen LogP contribution in [-0.4, -0.2) is 25.0 Å². The summed E-state index contributed by atoms with van der Waals surface area (Å²) in [5.74, 6) is 0.409. The van der Waals surface area contributed by atoms with E-state index in [0.29, 0.717) is 12.4 Å². The lowest BCUT2D eigenvalue weighted by Crippen LogP contribution is -2.05. The fourth-order valence-electron chi connectivity index (χ4n) is 1.14. The van der Waals surface area contributed by atoms with Crippen molar-refractivity contribution in [2.45, 2.75) is 13.5 Å². The molecule has 72 valence electrons. The minimum absolute atomic E-state index is 0.409. The maximum absolute atomic E-state index is 5.44. The van der Waals surface area contributed by atoms with Gasteiger partial charge in [-0.1, -0.05) is 5.21 Å². The van der Waals surface area contributed by atoms with Gasteiger partial charge in [-0.2, -0.15) is 0 Å². The van der Waals surface area contributed by atoms with Crippen molar-refractivity contribution in [3.05, 3.63) is 30.0 Å². The van der Waals surface area contributed by atoms with Crippen LogP contribution in [0, 0.1) is 6.92 Å². The molecule has 0 bridgehead atoms. The van der Waals surface area contributed by atoms with Gasteiger partial charge in [-0.05, 0) is 6.92 Å². The molecule has 0 radical (unpaired) electrons. The standard InChI is InChI=1S/C8H10N6/c1-6-7(11-3-2-10-6)4-14-5-8(9)12-13-14/h2-3,5H,4,9H2,1H3. The summed E-state index contributed by atoms with van der Waals surface area (Å²) in [5, 5.41) is 7.51. The molecule has 2 rings (SSSR count). The van der Waals surface area contributed by atoms with Gasteiger partial charge in [-0.15, -0.1) is 5.10 Å². The van der Waals surface area contributed by atoms with Gasteiger partial charge in [0.1, 0.15) is 0 Å². The van der Waals surface area contributed by atoms with E-state index in [9.17, 15) is 0 Å². The molecule has 0 aliphatic heterocycles. The van der Waals surface area contributed by atoms with Crippen molar-refractivity contribution < 1.29 is 0 Å². The second kappa shape index (κ2) is 3.41. The molecular weight excluding hydrogens is 180 g/mol. The van der Waals surface area contributed by atoms with Crippen LogP contribution in [0.15, 0.2) is 18.6 Å². The molecule has 0 saturated heterocycles.